The average molecular weight is 334 g/mol. The van der Waals surface area contributed by atoms with Crippen LogP contribution in [-0.4, -0.2) is 27.4 Å². The van der Waals surface area contributed by atoms with Gasteiger partial charge in [0.05, 0.1) is 12.7 Å². The number of rotatable bonds is 5. The molecule has 0 aliphatic rings. The van der Waals surface area contributed by atoms with E-state index in [0.717, 1.165) is 22.4 Å². The van der Waals surface area contributed by atoms with Gasteiger partial charge in [-0.25, -0.2) is 4.68 Å². The highest BCUT2D eigenvalue weighted by atomic mass is 16.2. The van der Waals surface area contributed by atoms with Crippen molar-refractivity contribution in [1.82, 2.24) is 15.0 Å². The first-order valence-electron chi connectivity index (χ1n) is 8.41. The number of hydrogen-bond donors (Lipinski definition) is 0. The van der Waals surface area contributed by atoms with E-state index in [9.17, 15) is 4.79 Å². The zero-order valence-corrected chi connectivity index (χ0v) is 14.8. The van der Waals surface area contributed by atoms with Crippen LogP contribution in [0.4, 0.5) is 5.69 Å². The van der Waals surface area contributed by atoms with Gasteiger partial charge in [0, 0.05) is 12.2 Å². The fourth-order valence-corrected chi connectivity index (χ4v) is 2.93. The summed E-state index contributed by atoms with van der Waals surface area (Å²) < 4.78 is 1.69. The van der Waals surface area contributed by atoms with E-state index in [-0.39, 0.29) is 5.91 Å². The molecule has 0 spiro atoms. The number of hydrogen-bond acceptors (Lipinski definition) is 3. The van der Waals surface area contributed by atoms with E-state index in [1.807, 2.05) is 63.2 Å². The van der Waals surface area contributed by atoms with Gasteiger partial charge in [0.15, 0.2) is 5.69 Å². The minimum Gasteiger partial charge on any atom is -0.307 e. The van der Waals surface area contributed by atoms with Crippen LogP contribution in [0.5, 0.6) is 0 Å². The van der Waals surface area contributed by atoms with Crippen molar-refractivity contribution in [3.63, 3.8) is 0 Å². The third kappa shape index (κ3) is 3.94. The van der Waals surface area contributed by atoms with Crippen molar-refractivity contribution in [2.75, 3.05) is 11.4 Å². The molecule has 5 nitrogen and oxygen atoms in total. The predicted molar refractivity (Wildman–Crippen MR) is 98.8 cm³/mol. The molecule has 5 heteroatoms. The summed E-state index contributed by atoms with van der Waals surface area (Å²) in [5, 5.41) is 8.17. The fourth-order valence-electron chi connectivity index (χ4n) is 2.93. The number of aryl methyl sites for hydroxylation is 2. The lowest BCUT2D eigenvalue weighted by atomic mass is 10.1. The van der Waals surface area contributed by atoms with Crippen molar-refractivity contribution >= 4 is 11.6 Å². The molecule has 3 rings (SSSR count). The van der Waals surface area contributed by atoms with Gasteiger partial charge < -0.3 is 4.90 Å². The Balaban J connectivity index is 1.81. The average Bonchev–Trinajstić information content (AvgIpc) is 3.04. The van der Waals surface area contributed by atoms with Crippen molar-refractivity contribution in [1.29, 1.82) is 0 Å². The topological polar surface area (TPSA) is 51.0 Å². The molecule has 25 heavy (non-hydrogen) atoms. The van der Waals surface area contributed by atoms with Gasteiger partial charge in [-0.2, -0.15) is 0 Å². The van der Waals surface area contributed by atoms with Crippen LogP contribution in [0.25, 0.3) is 0 Å². The highest BCUT2D eigenvalue weighted by molar-refractivity contribution is 6.04. The Morgan fingerprint density at radius 3 is 2.40 bits per heavy atom. The second-order valence-corrected chi connectivity index (χ2v) is 6.18. The monoisotopic (exact) mass is 334 g/mol. The van der Waals surface area contributed by atoms with Crippen LogP contribution in [0.1, 0.15) is 34.1 Å². The van der Waals surface area contributed by atoms with Gasteiger partial charge in [0.25, 0.3) is 5.91 Å². The van der Waals surface area contributed by atoms with Crippen LogP contribution >= 0.6 is 0 Å². The maximum atomic E-state index is 12.9. The first-order valence-corrected chi connectivity index (χ1v) is 8.41. The second kappa shape index (κ2) is 7.30. The highest BCUT2D eigenvalue weighted by Crippen LogP contribution is 2.20. The molecule has 1 aromatic heterocycles. The SMILES string of the molecule is CCN(C(=O)c1cn(Cc2ccccc2)nn1)c1cc(C)cc(C)c1. The summed E-state index contributed by atoms with van der Waals surface area (Å²) in [7, 11) is 0. The first-order chi connectivity index (χ1) is 12.1. The molecule has 2 aromatic carbocycles. The molecule has 0 N–H and O–H groups in total. The van der Waals surface area contributed by atoms with Gasteiger partial charge >= 0.3 is 0 Å². The van der Waals surface area contributed by atoms with Crippen molar-refractivity contribution in [3.8, 4) is 0 Å². The fraction of sp³-hybridized carbons (Fsp3) is 0.250. The first kappa shape index (κ1) is 16.9. The molecule has 0 unspecified atom stereocenters. The van der Waals surface area contributed by atoms with Crippen molar-refractivity contribution in [2.45, 2.75) is 27.3 Å². The van der Waals surface area contributed by atoms with Crippen LogP contribution in [0.3, 0.4) is 0 Å². The summed E-state index contributed by atoms with van der Waals surface area (Å²) in [5.41, 5.74) is 4.63. The summed E-state index contributed by atoms with van der Waals surface area (Å²) in [4.78, 5) is 14.6. The minimum atomic E-state index is -0.133. The molecule has 0 aliphatic carbocycles. The Morgan fingerprint density at radius 2 is 1.76 bits per heavy atom. The van der Waals surface area contributed by atoms with Crippen molar-refractivity contribution in [2.24, 2.45) is 0 Å². The normalized spacial score (nSPS) is 10.7. The summed E-state index contributed by atoms with van der Waals surface area (Å²) in [5.74, 6) is -0.133. The number of anilines is 1. The molecule has 128 valence electrons. The molecule has 1 heterocycles. The Labute approximate surface area is 147 Å². The Morgan fingerprint density at radius 1 is 1.08 bits per heavy atom. The number of benzene rings is 2. The van der Waals surface area contributed by atoms with Crippen LogP contribution in [0.2, 0.25) is 0 Å². The lowest BCUT2D eigenvalue weighted by Gasteiger charge is -2.20. The molecule has 0 aliphatic heterocycles. The summed E-state index contributed by atoms with van der Waals surface area (Å²) >= 11 is 0. The molecule has 0 radical (unpaired) electrons. The van der Waals surface area contributed by atoms with Crippen LogP contribution in [0, 0.1) is 13.8 Å². The molecular weight excluding hydrogens is 312 g/mol. The van der Waals surface area contributed by atoms with Crippen LogP contribution in [0.15, 0.2) is 54.7 Å². The zero-order chi connectivity index (χ0) is 17.8. The van der Waals surface area contributed by atoms with Gasteiger partial charge in [0.1, 0.15) is 0 Å². The molecule has 0 saturated heterocycles. The number of carbonyl (C=O) groups is 1. The standard InChI is InChI=1S/C20H22N4O/c1-4-24(18-11-15(2)10-16(3)12-18)20(25)19-14-23(22-21-19)13-17-8-6-5-7-9-17/h5-12,14H,4,13H2,1-3H3. The lowest BCUT2D eigenvalue weighted by molar-refractivity contribution is 0.0983. The van der Waals surface area contributed by atoms with E-state index in [1.165, 1.54) is 0 Å². The Hall–Kier alpha value is -2.95. The minimum absolute atomic E-state index is 0.133. The van der Waals surface area contributed by atoms with Gasteiger partial charge in [-0.15, -0.1) is 5.10 Å². The molecule has 1 amide bonds. The summed E-state index contributed by atoms with van der Waals surface area (Å²) in [6, 6.07) is 16.1. The van der Waals surface area contributed by atoms with E-state index in [2.05, 4.69) is 16.4 Å². The maximum absolute atomic E-state index is 12.9. The van der Waals surface area contributed by atoms with Crippen molar-refractivity contribution in [3.05, 3.63) is 77.1 Å². The van der Waals surface area contributed by atoms with E-state index in [0.29, 0.717) is 18.8 Å². The van der Waals surface area contributed by atoms with E-state index in [1.54, 1.807) is 15.8 Å². The number of nitrogens with zero attached hydrogens (tertiary/aromatic N) is 4. The molecular formula is C20H22N4O. The zero-order valence-electron chi connectivity index (χ0n) is 14.8. The second-order valence-electron chi connectivity index (χ2n) is 6.18. The lowest BCUT2D eigenvalue weighted by Crippen LogP contribution is -2.31. The Kier molecular flexibility index (Phi) is 4.93. The third-order valence-electron chi connectivity index (χ3n) is 4.02. The highest BCUT2D eigenvalue weighted by Gasteiger charge is 2.20. The summed E-state index contributed by atoms with van der Waals surface area (Å²) in [6.07, 6.45) is 1.71. The quantitative estimate of drug-likeness (QED) is 0.716. The van der Waals surface area contributed by atoms with E-state index < -0.39 is 0 Å². The maximum Gasteiger partial charge on any atom is 0.280 e. The van der Waals surface area contributed by atoms with Gasteiger partial charge in [0.2, 0.25) is 0 Å². The van der Waals surface area contributed by atoms with E-state index >= 15 is 0 Å². The molecule has 0 bridgehead atoms. The van der Waals surface area contributed by atoms with Gasteiger partial charge in [-0.3, -0.25) is 4.79 Å². The van der Waals surface area contributed by atoms with Gasteiger partial charge in [-0.05, 0) is 49.6 Å². The number of aromatic nitrogens is 3. The summed E-state index contributed by atoms with van der Waals surface area (Å²) in [6.45, 7) is 7.20. The van der Waals surface area contributed by atoms with Crippen LogP contribution < -0.4 is 4.90 Å². The van der Waals surface area contributed by atoms with Crippen LogP contribution in [-0.2, 0) is 6.54 Å². The number of amides is 1. The third-order valence-corrected chi connectivity index (χ3v) is 4.02. The van der Waals surface area contributed by atoms with Gasteiger partial charge in [-0.1, -0.05) is 41.6 Å². The molecule has 0 atom stereocenters. The molecule has 3 aromatic rings. The largest absolute Gasteiger partial charge is 0.307 e. The van der Waals surface area contributed by atoms with E-state index in [4.69, 9.17) is 0 Å². The Bertz CT molecular complexity index is 850. The predicted octanol–water partition coefficient (Wildman–Crippen LogP) is 3.61. The molecule has 0 fully saturated rings. The number of carbonyl (C=O) groups excluding carboxylic acids is 1. The molecule has 0 saturated carbocycles. The van der Waals surface area contributed by atoms with Crippen molar-refractivity contribution < 1.29 is 4.79 Å². The smallest absolute Gasteiger partial charge is 0.280 e.